The normalized spacial score (nSPS) is 11.3. The summed E-state index contributed by atoms with van der Waals surface area (Å²) in [5.74, 6) is 0. The molecule has 0 atom stereocenters. The van der Waals surface area contributed by atoms with Gasteiger partial charge in [0.15, 0.2) is 6.29 Å². The number of hydrogen-bond acceptors (Lipinski definition) is 1. The third-order valence-electron chi connectivity index (χ3n) is 0.217. The van der Waals surface area contributed by atoms with E-state index in [0.717, 1.165) is 5.54 Å². The van der Waals surface area contributed by atoms with Crippen molar-refractivity contribution in [3.63, 3.8) is 0 Å². The summed E-state index contributed by atoms with van der Waals surface area (Å²) in [6, 6.07) is 0. The second kappa shape index (κ2) is 3.19. The fourth-order valence-electron chi connectivity index (χ4n) is 0.0257. The predicted molar refractivity (Wildman–Crippen MR) is 25.9 cm³/mol. The van der Waals surface area contributed by atoms with Crippen molar-refractivity contribution in [2.24, 2.45) is 0 Å². The van der Waals surface area contributed by atoms with Crippen molar-refractivity contribution in [3.8, 4) is 0 Å². The minimum Gasteiger partial charge on any atom is -0.297 e. The zero-order valence-electron chi connectivity index (χ0n) is 2.82. The molecule has 0 heterocycles. The largest absolute Gasteiger partial charge is 0.297 e. The fourth-order valence-corrected chi connectivity index (χ4v) is 0.0772. The lowest BCUT2D eigenvalue weighted by atomic mass is 10.7. The lowest BCUT2D eigenvalue weighted by molar-refractivity contribution is -0.104. The summed E-state index contributed by atoms with van der Waals surface area (Å²) < 4.78 is 0. The summed E-state index contributed by atoms with van der Waals surface area (Å²) >= 11 is 9.94. The molecule has 0 unspecified atom stereocenters. The average molecular weight is 125 g/mol. The summed E-state index contributed by atoms with van der Waals surface area (Å²) in [5.41, 5.74) is 1.01. The minimum absolute atomic E-state index is 0.0247. The number of hydrogen-bond donors (Lipinski definition) is 0. The van der Waals surface area contributed by atoms with Gasteiger partial charge in [-0.2, -0.15) is 0 Å². The van der Waals surface area contributed by atoms with Crippen LogP contribution in [-0.2, 0) is 4.79 Å². The van der Waals surface area contributed by atoms with Crippen molar-refractivity contribution in [3.05, 3.63) is 10.6 Å². The Morgan fingerprint density at radius 3 is 2.17 bits per heavy atom. The van der Waals surface area contributed by atoms with Gasteiger partial charge in [0, 0.05) is 5.54 Å². The topological polar surface area (TPSA) is 17.1 Å². The van der Waals surface area contributed by atoms with Gasteiger partial charge in [0.05, 0.1) is 5.03 Å². The third kappa shape index (κ3) is 2.24. The van der Waals surface area contributed by atoms with E-state index in [2.05, 4.69) is 0 Å². The molecule has 0 aromatic heterocycles. The first-order valence-corrected chi connectivity index (χ1v) is 2.03. The number of allylic oxidation sites excluding steroid dienone is 1. The molecule has 0 spiro atoms. The van der Waals surface area contributed by atoms with Crippen molar-refractivity contribution in [2.75, 3.05) is 0 Å². The highest BCUT2D eigenvalue weighted by Gasteiger charge is 1.78. The van der Waals surface area contributed by atoms with Crippen LogP contribution in [0, 0.1) is 0 Å². The molecular formula is C3H2Cl2O. The van der Waals surface area contributed by atoms with E-state index in [-0.39, 0.29) is 5.03 Å². The van der Waals surface area contributed by atoms with Gasteiger partial charge in [-0.3, -0.25) is 4.79 Å². The van der Waals surface area contributed by atoms with Crippen LogP contribution in [-0.4, -0.2) is 6.29 Å². The molecule has 1 nitrogen and oxygen atoms in total. The molecule has 0 bridgehead atoms. The molecule has 0 aliphatic rings. The standard InChI is InChI=1S/C3H2Cl2O/c4-1-3(5)2-6/h1-2H. The van der Waals surface area contributed by atoms with Gasteiger partial charge in [-0.1, -0.05) is 23.2 Å². The molecule has 6 heavy (non-hydrogen) atoms. The number of halogens is 2. The highest BCUT2D eigenvalue weighted by molar-refractivity contribution is 6.43. The molecule has 3 heteroatoms. The number of rotatable bonds is 1. The molecule has 0 amide bonds. The Bertz CT molecular complexity index is 76.9. The lowest BCUT2D eigenvalue weighted by Crippen LogP contribution is -1.63. The first-order valence-electron chi connectivity index (χ1n) is 1.22. The summed E-state index contributed by atoms with van der Waals surface area (Å²) in [7, 11) is 0. The van der Waals surface area contributed by atoms with Gasteiger partial charge in [-0.15, -0.1) is 0 Å². The summed E-state index contributed by atoms with van der Waals surface area (Å²) in [5, 5.41) is 0.0247. The highest BCUT2D eigenvalue weighted by Crippen LogP contribution is 1.95. The van der Waals surface area contributed by atoms with Gasteiger partial charge in [-0.05, 0) is 0 Å². The average Bonchev–Trinajstić information content (AvgIpc) is 1.65. The van der Waals surface area contributed by atoms with Gasteiger partial charge < -0.3 is 0 Å². The summed E-state index contributed by atoms with van der Waals surface area (Å²) in [4.78, 5) is 9.45. The van der Waals surface area contributed by atoms with Crippen molar-refractivity contribution >= 4 is 29.5 Å². The molecule has 0 saturated heterocycles. The van der Waals surface area contributed by atoms with Gasteiger partial charge >= 0.3 is 0 Å². The molecule has 0 radical (unpaired) electrons. The van der Waals surface area contributed by atoms with Crippen LogP contribution >= 0.6 is 23.2 Å². The van der Waals surface area contributed by atoms with E-state index in [1.165, 1.54) is 0 Å². The first kappa shape index (κ1) is 5.99. The minimum atomic E-state index is 0.0247. The van der Waals surface area contributed by atoms with Crippen LogP contribution in [0.15, 0.2) is 10.6 Å². The van der Waals surface area contributed by atoms with E-state index < -0.39 is 0 Å². The quantitative estimate of drug-likeness (QED) is 0.383. The molecule has 0 aromatic carbocycles. The van der Waals surface area contributed by atoms with Crippen LogP contribution in [0.5, 0.6) is 0 Å². The van der Waals surface area contributed by atoms with E-state index in [1.807, 2.05) is 0 Å². The van der Waals surface area contributed by atoms with Gasteiger partial charge in [0.1, 0.15) is 0 Å². The van der Waals surface area contributed by atoms with E-state index in [4.69, 9.17) is 23.2 Å². The molecule has 0 rings (SSSR count). The third-order valence-corrected chi connectivity index (χ3v) is 0.762. The molecule has 0 fully saturated rings. The van der Waals surface area contributed by atoms with Crippen molar-refractivity contribution in [2.45, 2.75) is 0 Å². The molecule has 0 aromatic rings. The molecule has 34 valence electrons. The Morgan fingerprint density at radius 1 is 1.67 bits per heavy atom. The summed E-state index contributed by atoms with van der Waals surface area (Å²) in [6.07, 6.45) is 0.467. The van der Waals surface area contributed by atoms with Crippen LogP contribution in [0.2, 0.25) is 0 Å². The van der Waals surface area contributed by atoms with Gasteiger partial charge in [0.2, 0.25) is 0 Å². The molecule has 0 aliphatic carbocycles. The number of carbonyl (C=O) groups excluding carboxylic acids is 1. The van der Waals surface area contributed by atoms with Crippen LogP contribution < -0.4 is 0 Å². The zero-order valence-corrected chi connectivity index (χ0v) is 4.33. The smallest absolute Gasteiger partial charge is 0.162 e. The van der Waals surface area contributed by atoms with Crippen LogP contribution in [0.25, 0.3) is 0 Å². The second-order valence-corrected chi connectivity index (χ2v) is 1.27. The second-order valence-electron chi connectivity index (χ2n) is 0.612. The number of carbonyl (C=O) groups is 1. The maximum atomic E-state index is 9.45. The fraction of sp³-hybridized carbons (Fsp3) is 0. The van der Waals surface area contributed by atoms with Crippen molar-refractivity contribution in [1.29, 1.82) is 0 Å². The Labute approximate surface area is 45.5 Å². The van der Waals surface area contributed by atoms with Gasteiger partial charge in [0.25, 0.3) is 0 Å². The van der Waals surface area contributed by atoms with Crippen LogP contribution in [0.1, 0.15) is 0 Å². The Kier molecular flexibility index (Phi) is 3.19. The molecule has 0 N–H and O–H groups in total. The lowest BCUT2D eigenvalue weighted by Gasteiger charge is -1.68. The molecule has 0 saturated carbocycles. The molecular weight excluding hydrogens is 123 g/mol. The van der Waals surface area contributed by atoms with Gasteiger partial charge in [-0.25, -0.2) is 0 Å². The van der Waals surface area contributed by atoms with E-state index in [1.54, 1.807) is 0 Å². The first-order chi connectivity index (χ1) is 2.81. The Morgan fingerprint density at radius 2 is 2.17 bits per heavy atom. The maximum Gasteiger partial charge on any atom is 0.162 e. The highest BCUT2D eigenvalue weighted by atomic mass is 35.5. The Balaban J connectivity index is 3.50. The molecule has 0 aliphatic heterocycles. The van der Waals surface area contributed by atoms with Crippen molar-refractivity contribution in [1.82, 2.24) is 0 Å². The van der Waals surface area contributed by atoms with Crippen molar-refractivity contribution < 1.29 is 4.79 Å². The van der Waals surface area contributed by atoms with E-state index in [0.29, 0.717) is 6.29 Å². The van der Waals surface area contributed by atoms with E-state index in [9.17, 15) is 4.79 Å². The zero-order chi connectivity index (χ0) is 4.99. The number of aldehydes is 1. The van der Waals surface area contributed by atoms with Crippen LogP contribution in [0.3, 0.4) is 0 Å². The van der Waals surface area contributed by atoms with E-state index >= 15 is 0 Å². The SMILES string of the molecule is O=CC(Cl)=CCl. The maximum absolute atomic E-state index is 9.45. The Hall–Kier alpha value is -0.0100. The van der Waals surface area contributed by atoms with Crippen LogP contribution in [0.4, 0.5) is 0 Å². The summed E-state index contributed by atoms with van der Waals surface area (Å²) in [6.45, 7) is 0. The monoisotopic (exact) mass is 124 g/mol. The predicted octanol–water partition coefficient (Wildman–Crippen LogP) is 1.50.